The summed E-state index contributed by atoms with van der Waals surface area (Å²) >= 11 is 0. The minimum absolute atomic E-state index is 0.154. The Kier molecular flexibility index (Phi) is 2.04. The van der Waals surface area contributed by atoms with Crippen LogP contribution in [0.15, 0.2) is 18.2 Å². The van der Waals surface area contributed by atoms with Crippen LogP contribution in [0.2, 0.25) is 6.82 Å². The van der Waals surface area contributed by atoms with E-state index >= 15 is 0 Å². The predicted molar refractivity (Wildman–Crippen MR) is 56.2 cm³/mol. The molecule has 2 N–H and O–H groups in total. The normalized spacial score (nSPS) is 20.5. The molecule has 1 aromatic rings. The summed E-state index contributed by atoms with van der Waals surface area (Å²) < 4.78 is 5.78. The van der Waals surface area contributed by atoms with Crippen LogP contribution in [0.1, 0.15) is 25.0 Å². The number of fused-ring (bicyclic) bond motifs is 1. The highest BCUT2D eigenvalue weighted by Crippen LogP contribution is 2.28. The summed E-state index contributed by atoms with van der Waals surface area (Å²) in [7, 11) is 0. The topological polar surface area (TPSA) is 35.2 Å². The molecule has 3 heteroatoms. The Balaban J connectivity index is 2.51. The van der Waals surface area contributed by atoms with Gasteiger partial charge in [-0.2, -0.15) is 0 Å². The molecule has 1 atom stereocenters. The van der Waals surface area contributed by atoms with E-state index in [0.717, 1.165) is 12.1 Å². The minimum Gasteiger partial charge on any atom is -0.424 e. The molecule has 0 aromatic heterocycles. The molecule has 1 heterocycles. The Hall–Kier alpha value is -0.955. The summed E-state index contributed by atoms with van der Waals surface area (Å²) in [5.74, 6) is 0. The Labute approximate surface area is 79.2 Å². The van der Waals surface area contributed by atoms with Crippen LogP contribution in [-0.2, 0) is 4.65 Å². The fourth-order valence-corrected chi connectivity index (χ4v) is 2.06. The van der Waals surface area contributed by atoms with E-state index in [4.69, 9.17) is 10.4 Å². The minimum atomic E-state index is 0.154. The van der Waals surface area contributed by atoms with Crippen molar-refractivity contribution < 1.29 is 4.65 Å². The van der Waals surface area contributed by atoms with Gasteiger partial charge in [-0.05, 0) is 23.5 Å². The van der Waals surface area contributed by atoms with Crippen LogP contribution in [0, 0.1) is 0 Å². The molecule has 2 nitrogen and oxygen atoms in total. The second-order valence-electron chi connectivity index (χ2n) is 3.53. The van der Waals surface area contributed by atoms with E-state index in [1.807, 2.05) is 12.1 Å². The smallest absolute Gasteiger partial charge is 0.326 e. The lowest BCUT2D eigenvalue weighted by Crippen LogP contribution is -2.27. The van der Waals surface area contributed by atoms with Crippen LogP contribution in [0.4, 0.5) is 5.69 Å². The molecule has 13 heavy (non-hydrogen) atoms. The molecule has 0 radical (unpaired) electrons. The van der Waals surface area contributed by atoms with E-state index < -0.39 is 0 Å². The fraction of sp³-hybridized carbons (Fsp3) is 0.400. The Morgan fingerprint density at radius 3 is 3.00 bits per heavy atom. The second-order valence-corrected chi connectivity index (χ2v) is 3.53. The number of hydrogen-bond acceptors (Lipinski definition) is 2. The number of rotatable bonds is 1. The van der Waals surface area contributed by atoms with Gasteiger partial charge in [0, 0.05) is 5.69 Å². The first-order chi connectivity index (χ1) is 6.24. The van der Waals surface area contributed by atoms with E-state index in [1.54, 1.807) is 0 Å². The molecular weight excluding hydrogens is 161 g/mol. The van der Waals surface area contributed by atoms with Crippen molar-refractivity contribution in [2.45, 2.75) is 26.3 Å². The van der Waals surface area contributed by atoms with Crippen molar-refractivity contribution in [3.05, 3.63) is 23.8 Å². The monoisotopic (exact) mass is 175 g/mol. The van der Waals surface area contributed by atoms with Crippen molar-refractivity contribution in [3.8, 4) is 0 Å². The van der Waals surface area contributed by atoms with Gasteiger partial charge in [0.05, 0.1) is 6.10 Å². The van der Waals surface area contributed by atoms with Gasteiger partial charge in [0.15, 0.2) is 0 Å². The van der Waals surface area contributed by atoms with Crippen LogP contribution in [0.3, 0.4) is 0 Å². The third kappa shape index (κ3) is 1.24. The molecular formula is C10H14BNO. The van der Waals surface area contributed by atoms with Gasteiger partial charge in [-0.1, -0.05) is 25.9 Å². The maximum Gasteiger partial charge on any atom is 0.326 e. The van der Waals surface area contributed by atoms with Crippen molar-refractivity contribution in [3.63, 3.8) is 0 Å². The van der Waals surface area contributed by atoms with Crippen LogP contribution >= 0.6 is 0 Å². The van der Waals surface area contributed by atoms with Gasteiger partial charge in [0.2, 0.25) is 0 Å². The van der Waals surface area contributed by atoms with Gasteiger partial charge >= 0.3 is 6.92 Å². The van der Waals surface area contributed by atoms with Gasteiger partial charge < -0.3 is 10.4 Å². The highest BCUT2D eigenvalue weighted by atomic mass is 16.5. The highest BCUT2D eigenvalue weighted by Gasteiger charge is 2.31. The van der Waals surface area contributed by atoms with Crippen LogP contribution < -0.4 is 11.2 Å². The summed E-state index contributed by atoms with van der Waals surface area (Å²) in [6.07, 6.45) is 1.26. The number of nitrogens with two attached hydrogens (primary N) is 1. The molecule has 0 amide bonds. The molecule has 1 aliphatic heterocycles. The molecule has 0 unspecified atom stereocenters. The van der Waals surface area contributed by atoms with Crippen molar-refractivity contribution in [1.82, 2.24) is 0 Å². The largest absolute Gasteiger partial charge is 0.424 e. The summed E-state index contributed by atoms with van der Waals surface area (Å²) in [6, 6.07) is 6.05. The first kappa shape index (κ1) is 8.63. The van der Waals surface area contributed by atoms with Crippen LogP contribution in [-0.4, -0.2) is 6.92 Å². The zero-order chi connectivity index (χ0) is 9.42. The Morgan fingerprint density at radius 1 is 1.54 bits per heavy atom. The first-order valence-corrected chi connectivity index (χ1v) is 4.77. The van der Waals surface area contributed by atoms with Crippen molar-refractivity contribution in [2.75, 3.05) is 5.73 Å². The molecule has 1 aliphatic rings. The molecule has 0 saturated heterocycles. The summed E-state index contributed by atoms with van der Waals surface area (Å²) in [5, 5.41) is 0. The lowest BCUT2D eigenvalue weighted by atomic mass is 9.63. The average Bonchev–Trinajstić information content (AvgIpc) is 2.44. The van der Waals surface area contributed by atoms with Gasteiger partial charge in [-0.25, -0.2) is 0 Å². The van der Waals surface area contributed by atoms with Crippen molar-refractivity contribution in [1.29, 1.82) is 0 Å². The van der Waals surface area contributed by atoms with Gasteiger partial charge in [0.1, 0.15) is 0 Å². The molecule has 1 aromatic carbocycles. The van der Waals surface area contributed by atoms with E-state index in [9.17, 15) is 0 Å². The zero-order valence-corrected chi connectivity index (χ0v) is 8.08. The quantitative estimate of drug-likeness (QED) is 0.519. The summed E-state index contributed by atoms with van der Waals surface area (Å²) in [4.78, 5) is 0. The molecule has 2 rings (SSSR count). The SMILES string of the molecule is CC[C@@H]1OB(C)c2c(N)cccc21. The molecule has 0 saturated carbocycles. The maximum atomic E-state index is 5.90. The molecule has 0 spiro atoms. The number of hydrogen-bond donors (Lipinski definition) is 1. The summed E-state index contributed by atoms with van der Waals surface area (Å²) in [6.45, 7) is 4.35. The first-order valence-electron chi connectivity index (χ1n) is 4.77. The number of benzene rings is 1. The van der Waals surface area contributed by atoms with Crippen molar-refractivity contribution in [2.24, 2.45) is 0 Å². The van der Waals surface area contributed by atoms with E-state index in [2.05, 4.69) is 19.8 Å². The second kappa shape index (κ2) is 3.07. The van der Waals surface area contributed by atoms with E-state index in [0.29, 0.717) is 0 Å². The third-order valence-electron chi connectivity index (χ3n) is 2.67. The maximum absolute atomic E-state index is 5.90. The molecule has 0 aliphatic carbocycles. The lowest BCUT2D eigenvalue weighted by molar-refractivity contribution is 0.221. The highest BCUT2D eigenvalue weighted by molar-refractivity contribution is 6.69. The van der Waals surface area contributed by atoms with Gasteiger partial charge in [-0.3, -0.25) is 0 Å². The third-order valence-corrected chi connectivity index (χ3v) is 2.67. The number of nitrogen functional groups attached to an aromatic ring is 1. The Morgan fingerprint density at radius 2 is 2.31 bits per heavy atom. The Bertz CT molecular complexity index is 327. The van der Waals surface area contributed by atoms with E-state index in [-0.39, 0.29) is 13.0 Å². The van der Waals surface area contributed by atoms with Crippen molar-refractivity contribution >= 4 is 18.1 Å². The molecule has 0 fully saturated rings. The van der Waals surface area contributed by atoms with Crippen LogP contribution in [0.5, 0.6) is 0 Å². The van der Waals surface area contributed by atoms with Gasteiger partial charge in [-0.15, -0.1) is 0 Å². The standard InChI is InChI=1S/C10H14BNO/c1-3-9-7-5-4-6-8(12)10(7)11(2)13-9/h4-6,9H,3,12H2,1-2H3/t9-/m0/s1. The lowest BCUT2D eigenvalue weighted by Gasteiger charge is -2.08. The van der Waals surface area contributed by atoms with E-state index in [1.165, 1.54) is 11.0 Å². The predicted octanol–water partition coefficient (Wildman–Crippen LogP) is 1.58. The molecule has 68 valence electrons. The fourth-order valence-electron chi connectivity index (χ4n) is 2.06. The van der Waals surface area contributed by atoms with Gasteiger partial charge in [0.25, 0.3) is 0 Å². The average molecular weight is 175 g/mol. The molecule has 0 bridgehead atoms. The zero-order valence-electron chi connectivity index (χ0n) is 8.08. The van der Waals surface area contributed by atoms with Crippen LogP contribution in [0.25, 0.3) is 0 Å². The number of anilines is 1. The summed E-state index contributed by atoms with van der Waals surface area (Å²) in [5.41, 5.74) is 9.22.